The summed E-state index contributed by atoms with van der Waals surface area (Å²) in [4.78, 5) is 14.1. The van der Waals surface area contributed by atoms with Crippen LogP contribution in [0.2, 0.25) is 0 Å². The molecule has 0 aromatic heterocycles. The summed E-state index contributed by atoms with van der Waals surface area (Å²) < 4.78 is 0.886. The zero-order valence-electron chi connectivity index (χ0n) is 12.3. The van der Waals surface area contributed by atoms with E-state index in [0.717, 1.165) is 22.3 Å². The summed E-state index contributed by atoms with van der Waals surface area (Å²) in [5.74, 6) is -0.0406. The Balaban J connectivity index is 2.61. The van der Waals surface area contributed by atoms with Crippen molar-refractivity contribution in [2.45, 2.75) is 33.2 Å². The van der Waals surface area contributed by atoms with Gasteiger partial charge >= 0.3 is 0 Å². The van der Waals surface area contributed by atoms with Gasteiger partial charge in [0.2, 0.25) is 5.91 Å². The number of hydrogen-bond donors (Lipinski definition) is 2. The standard InChI is InChI=1S/C15H23BrN2O2/c1-11(2)18(7-4-8-19)10-15(20)17-14-6-5-12(3)9-13(14)16/h5-6,9,11,19H,4,7-8,10H2,1-3H3,(H,17,20). The fraction of sp³-hybridized carbons (Fsp3) is 0.533. The highest BCUT2D eigenvalue weighted by Gasteiger charge is 2.14. The van der Waals surface area contributed by atoms with Gasteiger partial charge in [0.1, 0.15) is 0 Å². The third-order valence-electron chi connectivity index (χ3n) is 3.08. The quantitative estimate of drug-likeness (QED) is 0.801. The van der Waals surface area contributed by atoms with Crippen molar-refractivity contribution in [3.8, 4) is 0 Å². The second kappa shape index (κ2) is 8.39. The average molecular weight is 343 g/mol. The summed E-state index contributed by atoms with van der Waals surface area (Å²) in [5.41, 5.74) is 1.92. The van der Waals surface area contributed by atoms with E-state index in [2.05, 4.69) is 21.2 Å². The van der Waals surface area contributed by atoms with Crippen molar-refractivity contribution in [1.29, 1.82) is 0 Å². The molecule has 2 N–H and O–H groups in total. The van der Waals surface area contributed by atoms with E-state index in [4.69, 9.17) is 5.11 Å². The second-order valence-electron chi connectivity index (χ2n) is 5.17. The highest BCUT2D eigenvalue weighted by atomic mass is 79.9. The number of aryl methyl sites for hydroxylation is 1. The molecule has 0 saturated carbocycles. The van der Waals surface area contributed by atoms with Crippen LogP contribution in [0.25, 0.3) is 0 Å². The molecular weight excluding hydrogens is 320 g/mol. The van der Waals surface area contributed by atoms with E-state index in [9.17, 15) is 4.79 Å². The van der Waals surface area contributed by atoms with Gasteiger partial charge in [0.15, 0.2) is 0 Å². The van der Waals surface area contributed by atoms with Crippen LogP contribution in [-0.4, -0.2) is 41.7 Å². The highest BCUT2D eigenvalue weighted by Crippen LogP contribution is 2.23. The number of anilines is 1. The fourth-order valence-electron chi connectivity index (χ4n) is 1.89. The van der Waals surface area contributed by atoms with Crippen LogP contribution in [0.5, 0.6) is 0 Å². The minimum atomic E-state index is -0.0406. The van der Waals surface area contributed by atoms with E-state index in [-0.39, 0.29) is 18.6 Å². The molecule has 0 radical (unpaired) electrons. The lowest BCUT2D eigenvalue weighted by Gasteiger charge is -2.25. The van der Waals surface area contributed by atoms with Crippen molar-refractivity contribution in [3.63, 3.8) is 0 Å². The predicted octanol–water partition coefficient (Wildman–Crippen LogP) is 2.79. The molecule has 0 bridgehead atoms. The molecule has 0 saturated heterocycles. The van der Waals surface area contributed by atoms with Crippen LogP contribution in [0.15, 0.2) is 22.7 Å². The van der Waals surface area contributed by atoms with Gasteiger partial charge in [-0.2, -0.15) is 0 Å². The summed E-state index contributed by atoms with van der Waals surface area (Å²) in [6, 6.07) is 6.10. The van der Waals surface area contributed by atoms with Crippen LogP contribution in [0, 0.1) is 6.92 Å². The lowest BCUT2D eigenvalue weighted by molar-refractivity contribution is -0.117. The van der Waals surface area contributed by atoms with E-state index in [0.29, 0.717) is 13.0 Å². The largest absolute Gasteiger partial charge is 0.396 e. The maximum absolute atomic E-state index is 12.1. The molecule has 0 aliphatic carbocycles. The monoisotopic (exact) mass is 342 g/mol. The molecule has 0 fully saturated rings. The first-order chi connectivity index (χ1) is 9.43. The molecule has 0 atom stereocenters. The van der Waals surface area contributed by atoms with Crippen molar-refractivity contribution < 1.29 is 9.90 Å². The van der Waals surface area contributed by atoms with Crippen molar-refractivity contribution >= 4 is 27.5 Å². The van der Waals surface area contributed by atoms with Crippen LogP contribution in [0.3, 0.4) is 0 Å². The number of amides is 1. The van der Waals surface area contributed by atoms with Crippen LogP contribution < -0.4 is 5.32 Å². The molecule has 112 valence electrons. The molecule has 20 heavy (non-hydrogen) atoms. The Hall–Kier alpha value is -0.910. The minimum Gasteiger partial charge on any atom is -0.396 e. The Labute approximate surface area is 129 Å². The molecule has 1 aromatic rings. The molecule has 0 spiro atoms. The molecule has 0 aliphatic rings. The lowest BCUT2D eigenvalue weighted by atomic mass is 10.2. The normalized spacial score (nSPS) is 11.2. The van der Waals surface area contributed by atoms with Crippen LogP contribution in [0.4, 0.5) is 5.69 Å². The third kappa shape index (κ3) is 5.61. The Morgan fingerprint density at radius 2 is 2.15 bits per heavy atom. The van der Waals surface area contributed by atoms with Gasteiger partial charge in [-0.05, 0) is 60.8 Å². The highest BCUT2D eigenvalue weighted by molar-refractivity contribution is 9.10. The van der Waals surface area contributed by atoms with E-state index < -0.39 is 0 Å². The van der Waals surface area contributed by atoms with E-state index in [1.807, 2.05) is 43.9 Å². The molecule has 1 amide bonds. The number of aliphatic hydroxyl groups is 1. The minimum absolute atomic E-state index is 0.0406. The smallest absolute Gasteiger partial charge is 0.238 e. The molecule has 0 unspecified atom stereocenters. The molecule has 4 nitrogen and oxygen atoms in total. The van der Waals surface area contributed by atoms with Crippen molar-refractivity contribution in [2.24, 2.45) is 0 Å². The summed E-state index contributed by atoms with van der Waals surface area (Å²) in [6.07, 6.45) is 0.680. The summed E-state index contributed by atoms with van der Waals surface area (Å²) in [7, 11) is 0. The van der Waals surface area contributed by atoms with Gasteiger partial charge in [0.25, 0.3) is 0 Å². The summed E-state index contributed by atoms with van der Waals surface area (Å²) in [6.45, 7) is 7.30. The van der Waals surface area contributed by atoms with Crippen molar-refractivity contribution in [2.75, 3.05) is 25.0 Å². The maximum atomic E-state index is 12.1. The van der Waals surface area contributed by atoms with Crippen molar-refractivity contribution in [3.05, 3.63) is 28.2 Å². The number of rotatable bonds is 7. The van der Waals surface area contributed by atoms with Gasteiger partial charge in [-0.3, -0.25) is 9.69 Å². The average Bonchev–Trinajstić information content (AvgIpc) is 2.37. The predicted molar refractivity (Wildman–Crippen MR) is 85.9 cm³/mol. The lowest BCUT2D eigenvalue weighted by Crippen LogP contribution is -2.39. The third-order valence-corrected chi connectivity index (χ3v) is 3.74. The van der Waals surface area contributed by atoms with E-state index in [1.54, 1.807) is 0 Å². The van der Waals surface area contributed by atoms with Gasteiger partial charge in [-0.15, -0.1) is 0 Å². The fourth-order valence-corrected chi connectivity index (χ4v) is 2.48. The number of nitrogens with one attached hydrogen (secondary N) is 1. The van der Waals surface area contributed by atoms with E-state index >= 15 is 0 Å². The number of benzene rings is 1. The van der Waals surface area contributed by atoms with E-state index in [1.165, 1.54) is 0 Å². The zero-order chi connectivity index (χ0) is 15.1. The second-order valence-corrected chi connectivity index (χ2v) is 6.03. The SMILES string of the molecule is Cc1ccc(NC(=O)CN(CCCO)C(C)C)c(Br)c1. The number of carbonyl (C=O) groups is 1. The Morgan fingerprint density at radius 1 is 1.45 bits per heavy atom. The van der Waals surface area contributed by atoms with Crippen molar-refractivity contribution in [1.82, 2.24) is 4.90 Å². The summed E-state index contributed by atoms with van der Waals surface area (Å²) >= 11 is 3.45. The van der Waals surface area contributed by atoms with Crippen LogP contribution in [-0.2, 0) is 4.79 Å². The van der Waals surface area contributed by atoms with Crippen LogP contribution in [0.1, 0.15) is 25.8 Å². The molecule has 1 rings (SSSR count). The number of aliphatic hydroxyl groups excluding tert-OH is 1. The van der Waals surface area contributed by atoms with Gasteiger partial charge in [0.05, 0.1) is 12.2 Å². The molecule has 1 aromatic carbocycles. The number of halogens is 1. The first-order valence-electron chi connectivity index (χ1n) is 6.85. The number of nitrogens with zero attached hydrogens (tertiary/aromatic N) is 1. The molecule has 0 aliphatic heterocycles. The Kier molecular flexibility index (Phi) is 7.19. The van der Waals surface area contributed by atoms with Crippen LogP contribution >= 0.6 is 15.9 Å². The Morgan fingerprint density at radius 3 is 2.70 bits per heavy atom. The number of hydrogen-bond acceptors (Lipinski definition) is 3. The summed E-state index contributed by atoms with van der Waals surface area (Å²) in [5, 5.41) is 11.8. The molecular formula is C15H23BrN2O2. The Bertz CT molecular complexity index is 449. The first-order valence-corrected chi connectivity index (χ1v) is 7.64. The zero-order valence-corrected chi connectivity index (χ0v) is 13.9. The number of carbonyl (C=O) groups excluding carboxylic acids is 1. The first kappa shape index (κ1) is 17.1. The topological polar surface area (TPSA) is 52.6 Å². The van der Waals surface area contributed by atoms with Gasteiger partial charge < -0.3 is 10.4 Å². The maximum Gasteiger partial charge on any atom is 0.238 e. The molecule has 0 heterocycles. The van der Waals surface area contributed by atoms with Gasteiger partial charge in [-0.25, -0.2) is 0 Å². The molecule has 5 heteroatoms. The van der Waals surface area contributed by atoms with Gasteiger partial charge in [0, 0.05) is 23.7 Å². The van der Waals surface area contributed by atoms with Gasteiger partial charge in [-0.1, -0.05) is 6.07 Å².